The van der Waals surface area contributed by atoms with Gasteiger partial charge < -0.3 is 19.7 Å². The van der Waals surface area contributed by atoms with Crippen LogP contribution in [0.3, 0.4) is 0 Å². The average Bonchev–Trinajstić information content (AvgIpc) is 2.39. The highest BCUT2D eigenvalue weighted by molar-refractivity contribution is 5.20. The van der Waals surface area contributed by atoms with Crippen molar-refractivity contribution in [2.45, 2.75) is 13.8 Å². The molecule has 4 nitrogen and oxygen atoms in total. The second kappa shape index (κ2) is 12.4. The van der Waals surface area contributed by atoms with E-state index in [2.05, 4.69) is 18.6 Å². The molecular formula is C14H24O4. The summed E-state index contributed by atoms with van der Waals surface area (Å²) in [5.41, 5.74) is 0. The Morgan fingerprint density at radius 3 is 2.00 bits per heavy atom. The molecule has 0 aromatic heterocycles. The van der Waals surface area contributed by atoms with Crippen molar-refractivity contribution in [1.29, 1.82) is 0 Å². The molecule has 18 heavy (non-hydrogen) atoms. The van der Waals surface area contributed by atoms with E-state index in [0.29, 0.717) is 19.1 Å². The Kier molecular flexibility index (Phi) is 11.6. The molecule has 0 heterocycles. The van der Waals surface area contributed by atoms with E-state index in [9.17, 15) is 0 Å². The number of aliphatic hydroxyl groups is 2. The van der Waals surface area contributed by atoms with Crippen molar-refractivity contribution >= 4 is 0 Å². The molecule has 0 aliphatic rings. The fourth-order valence-corrected chi connectivity index (χ4v) is 1.01. The smallest absolute Gasteiger partial charge is 0.119 e. The van der Waals surface area contributed by atoms with Crippen molar-refractivity contribution < 1.29 is 19.7 Å². The lowest BCUT2D eigenvalue weighted by molar-refractivity contribution is 0.0650. The van der Waals surface area contributed by atoms with Gasteiger partial charge in [0.25, 0.3) is 0 Å². The fourth-order valence-electron chi connectivity index (χ4n) is 1.01. The van der Waals surface area contributed by atoms with E-state index in [-0.39, 0.29) is 13.2 Å². The van der Waals surface area contributed by atoms with Crippen LogP contribution >= 0.6 is 0 Å². The second-order valence-corrected chi connectivity index (χ2v) is 4.08. The Hall–Kier alpha value is -1.10. The summed E-state index contributed by atoms with van der Waals surface area (Å²) in [6.45, 7) is 5.77. The Bertz CT molecular complexity index is 258. The summed E-state index contributed by atoms with van der Waals surface area (Å²) < 4.78 is 10.1. The lowest BCUT2D eigenvalue weighted by atomic mass is 10.2. The average molecular weight is 256 g/mol. The number of hydrogen-bond donors (Lipinski definition) is 2. The normalized spacial score (nSPS) is 9.83. The zero-order chi connectivity index (χ0) is 13.6. The van der Waals surface area contributed by atoms with Crippen LogP contribution in [0.15, 0.2) is 30.3 Å². The lowest BCUT2D eigenvalue weighted by Gasteiger charge is -2.07. The Labute approximate surface area is 109 Å². The highest BCUT2D eigenvalue weighted by Crippen LogP contribution is 2.09. The summed E-state index contributed by atoms with van der Waals surface area (Å²) in [5, 5.41) is 16.2. The summed E-state index contributed by atoms with van der Waals surface area (Å²) >= 11 is 0. The van der Waals surface area contributed by atoms with E-state index in [1.165, 1.54) is 0 Å². The molecule has 0 saturated carbocycles. The molecule has 0 unspecified atom stereocenters. The fraction of sp³-hybridized carbons (Fsp3) is 0.571. The number of hydrogen-bond acceptors (Lipinski definition) is 4. The van der Waals surface area contributed by atoms with Gasteiger partial charge in [0.05, 0.1) is 33.0 Å². The zero-order valence-electron chi connectivity index (χ0n) is 11.2. The number of para-hydroxylation sites is 1. The van der Waals surface area contributed by atoms with Crippen LogP contribution in [0.1, 0.15) is 13.8 Å². The minimum atomic E-state index is 0.0278. The molecular weight excluding hydrogens is 232 g/mol. The number of aliphatic hydroxyl groups excluding tert-OH is 2. The van der Waals surface area contributed by atoms with Crippen molar-refractivity contribution in [3.63, 3.8) is 0 Å². The molecule has 4 heteroatoms. The molecule has 0 saturated heterocycles. The van der Waals surface area contributed by atoms with E-state index < -0.39 is 0 Å². The van der Waals surface area contributed by atoms with Crippen molar-refractivity contribution in [3.8, 4) is 5.75 Å². The molecule has 1 aromatic carbocycles. The van der Waals surface area contributed by atoms with Crippen LogP contribution in [0.25, 0.3) is 0 Å². The molecule has 104 valence electrons. The van der Waals surface area contributed by atoms with Gasteiger partial charge in [-0.05, 0) is 18.1 Å². The zero-order valence-corrected chi connectivity index (χ0v) is 11.2. The van der Waals surface area contributed by atoms with E-state index in [0.717, 1.165) is 12.4 Å². The van der Waals surface area contributed by atoms with Crippen molar-refractivity contribution in [3.05, 3.63) is 30.3 Å². The number of benzene rings is 1. The summed E-state index contributed by atoms with van der Waals surface area (Å²) in [6, 6.07) is 9.90. The van der Waals surface area contributed by atoms with Gasteiger partial charge in [-0.15, -0.1) is 0 Å². The summed E-state index contributed by atoms with van der Waals surface area (Å²) in [5.74, 6) is 1.55. The quantitative estimate of drug-likeness (QED) is 0.729. The molecule has 1 aromatic rings. The van der Waals surface area contributed by atoms with Gasteiger partial charge in [0.15, 0.2) is 0 Å². The maximum absolute atomic E-state index is 8.09. The van der Waals surface area contributed by atoms with Gasteiger partial charge in [0.2, 0.25) is 0 Å². The third kappa shape index (κ3) is 11.4. The van der Waals surface area contributed by atoms with Gasteiger partial charge in [-0.25, -0.2) is 0 Å². The molecule has 0 fully saturated rings. The molecule has 0 aliphatic heterocycles. The number of rotatable bonds is 7. The Morgan fingerprint density at radius 1 is 1.00 bits per heavy atom. The summed E-state index contributed by atoms with van der Waals surface area (Å²) in [7, 11) is 0. The van der Waals surface area contributed by atoms with Crippen LogP contribution in [0.5, 0.6) is 5.75 Å². The van der Waals surface area contributed by atoms with E-state index in [1.54, 1.807) is 0 Å². The van der Waals surface area contributed by atoms with Crippen molar-refractivity contribution in [2.24, 2.45) is 5.92 Å². The van der Waals surface area contributed by atoms with Gasteiger partial charge in [0, 0.05) is 0 Å². The van der Waals surface area contributed by atoms with Gasteiger partial charge >= 0.3 is 0 Å². The minimum Gasteiger partial charge on any atom is -0.493 e. The van der Waals surface area contributed by atoms with Crippen molar-refractivity contribution in [1.82, 2.24) is 0 Å². The van der Waals surface area contributed by atoms with Gasteiger partial charge in [-0.1, -0.05) is 32.0 Å². The monoisotopic (exact) mass is 256 g/mol. The standard InChI is InChI=1S/C10H14O.C4H10O3/c1-9(2)8-11-10-6-4-3-5-7-10;5-1-3-7-4-2-6/h3-7,9H,8H2,1-2H3;5-6H,1-4H2. The molecule has 2 N–H and O–H groups in total. The first kappa shape index (κ1) is 16.9. The predicted molar refractivity (Wildman–Crippen MR) is 71.8 cm³/mol. The largest absolute Gasteiger partial charge is 0.493 e. The van der Waals surface area contributed by atoms with Crippen LogP contribution < -0.4 is 4.74 Å². The Balaban J connectivity index is 0.000000360. The maximum atomic E-state index is 8.09. The summed E-state index contributed by atoms with van der Waals surface area (Å²) in [6.07, 6.45) is 0. The van der Waals surface area contributed by atoms with Crippen LogP contribution in [0.4, 0.5) is 0 Å². The van der Waals surface area contributed by atoms with E-state index in [4.69, 9.17) is 14.9 Å². The van der Waals surface area contributed by atoms with Gasteiger partial charge in [-0.2, -0.15) is 0 Å². The van der Waals surface area contributed by atoms with Crippen LogP contribution in [-0.2, 0) is 4.74 Å². The van der Waals surface area contributed by atoms with Crippen LogP contribution in [0.2, 0.25) is 0 Å². The highest BCUT2D eigenvalue weighted by Gasteiger charge is 1.94. The Morgan fingerprint density at radius 2 is 1.56 bits per heavy atom. The molecule has 0 radical (unpaired) electrons. The van der Waals surface area contributed by atoms with E-state index >= 15 is 0 Å². The van der Waals surface area contributed by atoms with E-state index in [1.807, 2.05) is 30.3 Å². The maximum Gasteiger partial charge on any atom is 0.119 e. The van der Waals surface area contributed by atoms with Gasteiger partial charge in [-0.3, -0.25) is 0 Å². The first-order valence-corrected chi connectivity index (χ1v) is 6.18. The third-order valence-electron chi connectivity index (χ3n) is 1.80. The first-order valence-electron chi connectivity index (χ1n) is 6.18. The summed E-state index contributed by atoms with van der Waals surface area (Å²) in [4.78, 5) is 0. The topological polar surface area (TPSA) is 58.9 Å². The predicted octanol–water partition coefficient (Wildman–Crippen LogP) is 1.71. The molecule has 0 amide bonds. The van der Waals surface area contributed by atoms with Gasteiger partial charge in [0.1, 0.15) is 5.75 Å². The van der Waals surface area contributed by atoms with Crippen LogP contribution in [-0.4, -0.2) is 43.2 Å². The molecule has 0 bridgehead atoms. The van der Waals surface area contributed by atoms with Crippen LogP contribution in [0, 0.1) is 5.92 Å². The third-order valence-corrected chi connectivity index (χ3v) is 1.80. The number of ether oxygens (including phenoxy) is 2. The lowest BCUT2D eigenvalue weighted by Crippen LogP contribution is -2.03. The molecule has 1 rings (SSSR count). The first-order chi connectivity index (χ1) is 8.70. The van der Waals surface area contributed by atoms with Crippen molar-refractivity contribution in [2.75, 3.05) is 33.0 Å². The highest BCUT2D eigenvalue weighted by atomic mass is 16.5. The minimum absolute atomic E-state index is 0.0278. The second-order valence-electron chi connectivity index (χ2n) is 4.08. The molecule has 0 aliphatic carbocycles. The SMILES string of the molecule is CC(C)COc1ccccc1.OCCOCCO. The molecule has 0 spiro atoms. The molecule has 0 atom stereocenters.